The minimum Gasteiger partial charge on any atom is -0.459 e. The zero-order valence-corrected chi connectivity index (χ0v) is 40.5. The second kappa shape index (κ2) is 15.5. The summed E-state index contributed by atoms with van der Waals surface area (Å²) < 4.78 is 14.5. The van der Waals surface area contributed by atoms with E-state index in [-0.39, 0.29) is 20.1 Å². The van der Waals surface area contributed by atoms with Gasteiger partial charge in [0.1, 0.15) is 23.0 Å². The van der Waals surface area contributed by atoms with Gasteiger partial charge in [0.15, 0.2) is 0 Å². The molecule has 11 aromatic rings. The van der Waals surface area contributed by atoms with Crippen molar-refractivity contribution in [1.82, 2.24) is 0 Å². The van der Waals surface area contributed by atoms with Crippen LogP contribution in [-0.2, 0) is 0 Å². The van der Waals surface area contributed by atoms with Gasteiger partial charge in [0.05, 0.1) is 0 Å². The molecule has 9 heteroatoms. The maximum atomic E-state index is 7.70. The molecular weight excluding hydrogens is 913 g/mol. The van der Waals surface area contributed by atoms with Crippen molar-refractivity contribution in [1.29, 1.82) is 0 Å². The van der Waals surface area contributed by atoms with Crippen molar-refractivity contribution >= 4 is 138 Å². The first-order valence-electron chi connectivity index (χ1n) is 25.9. The lowest BCUT2D eigenvalue weighted by Gasteiger charge is -2.47. The number of hydrogen-bond acceptors (Lipinski definition) is 6. The minimum absolute atomic E-state index is 0.0799. The van der Waals surface area contributed by atoms with E-state index in [0.29, 0.717) is 0 Å². The van der Waals surface area contributed by atoms with Crippen LogP contribution in [0.15, 0.2) is 249 Å². The molecule has 0 saturated heterocycles. The molecule has 0 spiro atoms. The van der Waals surface area contributed by atoms with E-state index in [2.05, 4.69) is 268 Å². The molecule has 346 valence electrons. The van der Waals surface area contributed by atoms with Gasteiger partial charge in [-0.25, -0.2) is 0 Å². The molecule has 6 heterocycles. The molecule has 6 aliphatic rings. The molecule has 0 unspecified atom stereocenters. The Morgan fingerprint density at radius 1 is 0.227 bits per heavy atom. The third-order valence-electron chi connectivity index (χ3n) is 16.5. The maximum absolute atomic E-state index is 7.70. The van der Waals surface area contributed by atoms with E-state index in [9.17, 15) is 0 Å². The van der Waals surface area contributed by atoms with Crippen molar-refractivity contribution in [3.63, 3.8) is 0 Å². The first-order valence-corrected chi connectivity index (χ1v) is 25.9. The third kappa shape index (κ3) is 5.61. The summed E-state index contributed by atoms with van der Waals surface area (Å²) in [6, 6.07) is 90.8. The van der Waals surface area contributed by atoms with Gasteiger partial charge in [-0.15, -0.1) is 0 Å². The van der Waals surface area contributed by atoms with Gasteiger partial charge < -0.3 is 29.1 Å². The van der Waals surface area contributed by atoms with Gasteiger partial charge in [-0.05, 0) is 158 Å². The van der Waals surface area contributed by atoms with Gasteiger partial charge in [-0.2, -0.15) is 0 Å². The average Bonchev–Trinajstić information content (AvgIpc) is 3.48. The Hall–Kier alpha value is -9.59. The van der Waals surface area contributed by atoms with Crippen LogP contribution in [0.5, 0.6) is 23.0 Å². The number of benzene rings is 11. The fraction of sp³-hybridized carbons (Fsp3) is 0. The quantitative estimate of drug-likeness (QED) is 0.163. The zero-order chi connectivity index (χ0) is 48.9. The highest BCUT2D eigenvalue weighted by Gasteiger charge is 2.51. The molecule has 0 bridgehead atoms. The number of fused-ring (bicyclic) bond motifs is 13. The Bertz CT molecular complexity index is 4200. The Morgan fingerprint density at radius 3 is 1.21 bits per heavy atom. The van der Waals surface area contributed by atoms with E-state index >= 15 is 0 Å². The van der Waals surface area contributed by atoms with Gasteiger partial charge in [-0.3, -0.25) is 0 Å². The highest BCUT2D eigenvalue weighted by Crippen LogP contribution is 2.49. The minimum atomic E-state index is -0.234. The molecule has 0 aromatic heterocycles. The summed E-state index contributed by atoms with van der Waals surface area (Å²) in [5, 5.41) is 0. The summed E-state index contributed by atoms with van der Waals surface area (Å²) in [6.45, 7) is -0.406. The standard InChI is InChI=1S/C66H41B3N4O2/c1-5-20-42(21-6-1)70-51-30-15-13-28-46(51)67-48-38-39-56-65(66(48)75-61-37-19-33-54(70)64(61)67)69-50-40-49-57(73(45-26-11-4-12-27-45)55-34-18-36-60-63(55)68(49)47-29-14-16-35-59(47)74-60)41-58(50)72(44-24-9-3-10-25-44)53-32-17-31-52(62(53)69)71(56)43-22-7-2-8-23-43/h1-41H. The molecule has 6 nitrogen and oxygen atoms in total. The van der Waals surface area contributed by atoms with Crippen LogP contribution in [0.3, 0.4) is 0 Å². The number of nitrogens with zero attached hydrogens (tertiary/aromatic N) is 4. The summed E-state index contributed by atoms with van der Waals surface area (Å²) in [5.74, 6) is 3.58. The van der Waals surface area contributed by atoms with Crippen LogP contribution in [0.2, 0.25) is 0 Å². The molecule has 0 aliphatic carbocycles. The van der Waals surface area contributed by atoms with Gasteiger partial charge in [0, 0.05) is 68.2 Å². The predicted molar refractivity (Wildman–Crippen MR) is 312 cm³/mol. The SMILES string of the molecule is c1ccc(N2c3cc4c(cc3B3c5ccccc5Oc5cccc2c53)B2c3c(cccc3N(c3ccccc3)c3ccc5c(c32)Oc2cccc3c2B5c2ccccc2N3c2ccccc2)N4c2ccccc2)cc1. The third-order valence-corrected chi connectivity index (χ3v) is 16.5. The van der Waals surface area contributed by atoms with E-state index in [1.165, 1.54) is 43.9 Å². The molecule has 11 aromatic carbocycles. The number of anilines is 12. The lowest BCUT2D eigenvalue weighted by atomic mass is 9.29. The number of para-hydroxylation sites is 6. The van der Waals surface area contributed by atoms with Gasteiger partial charge in [0.25, 0.3) is 20.1 Å². The van der Waals surface area contributed by atoms with Gasteiger partial charge in [-0.1, -0.05) is 140 Å². The van der Waals surface area contributed by atoms with Gasteiger partial charge >= 0.3 is 0 Å². The molecule has 0 amide bonds. The number of ether oxygens (including phenoxy) is 2. The molecule has 0 atom stereocenters. The fourth-order valence-electron chi connectivity index (χ4n) is 13.7. The molecular formula is C66H41B3N4O2. The summed E-state index contributed by atoms with van der Waals surface area (Å²) in [4.78, 5) is 9.86. The zero-order valence-electron chi connectivity index (χ0n) is 40.5. The maximum Gasteiger partial charge on any atom is 0.256 e. The van der Waals surface area contributed by atoms with Crippen LogP contribution >= 0.6 is 0 Å². The summed E-state index contributed by atoms with van der Waals surface area (Å²) in [5.41, 5.74) is 24.3. The van der Waals surface area contributed by atoms with Gasteiger partial charge in [0.2, 0.25) is 0 Å². The Labute approximate surface area is 436 Å². The van der Waals surface area contributed by atoms with E-state index in [4.69, 9.17) is 9.47 Å². The van der Waals surface area contributed by atoms with Crippen LogP contribution in [0.25, 0.3) is 0 Å². The van der Waals surface area contributed by atoms with Crippen LogP contribution in [0.1, 0.15) is 0 Å². The van der Waals surface area contributed by atoms with E-state index in [0.717, 1.165) is 96.5 Å². The van der Waals surface area contributed by atoms with E-state index < -0.39 is 0 Å². The highest BCUT2D eigenvalue weighted by molar-refractivity contribution is 7.04. The van der Waals surface area contributed by atoms with Crippen molar-refractivity contribution < 1.29 is 9.47 Å². The molecule has 0 N–H and O–H groups in total. The first-order chi connectivity index (χ1) is 37.3. The first kappa shape index (κ1) is 40.9. The predicted octanol–water partition coefficient (Wildman–Crippen LogP) is 10.6. The molecule has 0 saturated carbocycles. The Morgan fingerprint density at radius 2 is 0.627 bits per heavy atom. The second-order valence-electron chi connectivity index (χ2n) is 20.3. The van der Waals surface area contributed by atoms with Crippen molar-refractivity contribution in [2.24, 2.45) is 0 Å². The molecule has 75 heavy (non-hydrogen) atoms. The van der Waals surface area contributed by atoms with Crippen LogP contribution in [0, 0.1) is 0 Å². The number of rotatable bonds is 4. The summed E-state index contributed by atoms with van der Waals surface area (Å²) in [7, 11) is 0. The monoisotopic (exact) mass is 954 g/mol. The topological polar surface area (TPSA) is 31.4 Å². The average molecular weight is 955 g/mol. The lowest BCUT2D eigenvalue weighted by molar-refractivity contribution is 0.487. The fourth-order valence-corrected chi connectivity index (χ4v) is 13.7. The van der Waals surface area contributed by atoms with Crippen molar-refractivity contribution in [2.75, 3.05) is 19.6 Å². The summed E-state index contributed by atoms with van der Waals surface area (Å²) >= 11 is 0. The summed E-state index contributed by atoms with van der Waals surface area (Å²) in [6.07, 6.45) is 0. The Kier molecular flexibility index (Phi) is 8.44. The van der Waals surface area contributed by atoms with E-state index in [1.54, 1.807) is 0 Å². The lowest BCUT2D eigenvalue weighted by Crippen LogP contribution is -2.66. The second-order valence-corrected chi connectivity index (χ2v) is 20.3. The number of hydrogen-bond donors (Lipinski definition) is 0. The Balaban J connectivity index is 0.984. The van der Waals surface area contributed by atoms with E-state index in [1.807, 2.05) is 0 Å². The smallest absolute Gasteiger partial charge is 0.256 e. The van der Waals surface area contributed by atoms with Crippen molar-refractivity contribution in [3.8, 4) is 23.0 Å². The normalized spacial score (nSPS) is 14.2. The van der Waals surface area contributed by atoms with Crippen LogP contribution in [-0.4, -0.2) is 20.1 Å². The molecule has 0 fully saturated rings. The molecule has 17 rings (SSSR count). The van der Waals surface area contributed by atoms with Crippen LogP contribution in [0.4, 0.5) is 68.2 Å². The molecule has 0 radical (unpaired) electrons. The van der Waals surface area contributed by atoms with Crippen molar-refractivity contribution in [2.45, 2.75) is 0 Å². The molecule has 6 aliphatic heterocycles. The highest BCUT2D eigenvalue weighted by atomic mass is 16.5. The van der Waals surface area contributed by atoms with Crippen molar-refractivity contribution in [3.05, 3.63) is 249 Å². The largest absolute Gasteiger partial charge is 0.459 e. The van der Waals surface area contributed by atoms with Crippen LogP contribution < -0.4 is 78.2 Å².